The molecule has 12 rings (SSSR count). The van der Waals surface area contributed by atoms with E-state index in [0.29, 0.717) is 0 Å². The average molecular weight is 751 g/mol. The molecule has 0 heterocycles. The number of hydrogen-bond donors (Lipinski definition) is 0. The molecule has 0 radical (unpaired) electrons. The van der Waals surface area contributed by atoms with Gasteiger partial charge in [0.15, 0.2) is 0 Å². The van der Waals surface area contributed by atoms with Gasteiger partial charge in [-0.15, -0.1) is 0 Å². The summed E-state index contributed by atoms with van der Waals surface area (Å²) in [4.78, 5) is 0. The number of allylic oxidation sites excluding steroid dienone is 2. The smallest absolute Gasteiger partial charge is 0.0159 e. The standard InChI is InChI=1S/C59H42/c1-59(2)55-35-47(39-14-12-38(13-15-39)46-21-18-37-8-6-7-11-45(37)34-46)26-30-51(55)52-31-27-48(36-56(52)59)40-16-19-42(20-17-40)50-29-23-44-24-32-53-49(41-9-4-3-5-10-41)28-22-43-25-33-54(50)58(44)57(43)53/h3-7,9-10,12-36H,8,11H2,1-2H3. The van der Waals surface area contributed by atoms with Gasteiger partial charge in [-0.3, -0.25) is 0 Å². The third-order valence-corrected chi connectivity index (χ3v) is 13.6. The second-order valence-corrected chi connectivity index (χ2v) is 17.2. The van der Waals surface area contributed by atoms with Crippen molar-refractivity contribution in [3.05, 3.63) is 216 Å². The summed E-state index contributed by atoms with van der Waals surface area (Å²) in [6.45, 7) is 4.78. The Morgan fingerprint density at radius 1 is 0.322 bits per heavy atom. The zero-order chi connectivity index (χ0) is 39.2. The van der Waals surface area contributed by atoms with E-state index in [1.165, 1.54) is 121 Å². The van der Waals surface area contributed by atoms with Gasteiger partial charge in [0, 0.05) is 5.41 Å². The van der Waals surface area contributed by atoms with Crippen LogP contribution in [0.1, 0.15) is 36.1 Å². The van der Waals surface area contributed by atoms with Crippen LogP contribution in [0.5, 0.6) is 0 Å². The van der Waals surface area contributed by atoms with E-state index in [2.05, 4.69) is 208 Å². The zero-order valence-electron chi connectivity index (χ0n) is 33.4. The van der Waals surface area contributed by atoms with Crippen LogP contribution < -0.4 is 0 Å². The SMILES string of the molecule is CC1(C)c2cc(-c3ccc(-c4ccc5c(c4)CC=CC5)cc3)ccc2-c2ccc(-c3ccc(-c4ccc5ccc6c(-c7ccccc7)ccc7ccc4c5c76)cc3)cc21. The van der Waals surface area contributed by atoms with Crippen LogP contribution in [0.15, 0.2) is 194 Å². The van der Waals surface area contributed by atoms with Crippen LogP contribution in [0, 0.1) is 0 Å². The highest BCUT2D eigenvalue weighted by molar-refractivity contribution is 6.27. The summed E-state index contributed by atoms with van der Waals surface area (Å²) in [6, 6.07) is 68.7. The minimum Gasteiger partial charge on any atom is -0.0838 e. The van der Waals surface area contributed by atoms with Crippen molar-refractivity contribution < 1.29 is 0 Å². The van der Waals surface area contributed by atoms with Gasteiger partial charge in [-0.1, -0.05) is 196 Å². The zero-order valence-corrected chi connectivity index (χ0v) is 33.4. The predicted molar refractivity (Wildman–Crippen MR) is 251 cm³/mol. The predicted octanol–water partition coefficient (Wildman–Crippen LogP) is 15.9. The van der Waals surface area contributed by atoms with E-state index < -0.39 is 0 Å². The average Bonchev–Trinajstić information content (AvgIpc) is 3.52. The molecule has 0 spiro atoms. The fraction of sp³-hybridized carbons (Fsp3) is 0.0847. The molecule has 0 nitrogen and oxygen atoms in total. The first kappa shape index (κ1) is 34.1. The van der Waals surface area contributed by atoms with E-state index in [4.69, 9.17) is 0 Å². The molecule has 0 aliphatic heterocycles. The Bertz CT molecular complexity index is 3300. The number of fused-ring (bicyclic) bond motifs is 4. The van der Waals surface area contributed by atoms with Gasteiger partial charge in [0.05, 0.1) is 0 Å². The molecule has 0 bridgehead atoms. The Hall–Kier alpha value is -7.02. The van der Waals surface area contributed by atoms with Crippen molar-refractivity contribution in [2.75, 3.05) is 0 Å². The summed E-state index contributed by atoms with van der Waals surface area (Å²) in [5.41, 5.74) is 20.9. The van der Waals surface area contributed by atoms with Gasteiger partial charge < -0.3 is 0 Å². The van der Waals surface area contributed by atoms with E-state index in [-0.39, 0.29) is 5.41 Å². The summed E-state index contributed by atoms with van der Waals surface area (Å²) in [6.07, 6.45) is 6.64. The maximum atomic E-state index is 2.44. The van der Waals surface area contributed by atoms with Crippen LogP contribution >= 0.6 is 0 Å². The number of rotatable bonds is 5. The molecule has 59 heavy (non-hydrogen) atoms. The van der Waals surface area contributed by atoms with Crippen LogP contribution in [0.4, 0.5) is 0 Å². The molecule has 10 aromatic carbocycles. The molecule has 2 aliphatic carbocycles. The number of hydrogen-bond acceptors (Lipinski definition) is 0. The Labute approximate surface area is 346 Å². The Morgan fingerprint density at radius 2 is 0.729 bits per heavy atom. The minimum atomic E-state index is -0.115. The van der Waals surface area contributed by atoms with E-state index in [9.17, 15) is 0 Å². The highest BCUT2D eigenvalue weighted by atomic mass is 14.4. The van der Waals surface area contributed by atoms with Gasteiger partial charge in [0.2, 0.25) is 0 Å². The van der Waals surface area contributed by atoms with Crippen LogP contribution in [-0.4, -0.2) is 0 Å². The quantitative estimate of drug-likeness (QED) is 0.121. The van der Waals surface area contributed by atoms with E-state index >= 15 is 0 Å². The Kier molecular flexibility index (Phi) is 7.50. The number of benzene rings is 10. The monoisotopic (exact) mass is 750 g/mol. The molecule has 0 fully saturated rings. The lowest BCUT2D eigenvalue weighted by Crippen LogP contribution is -2.15. The van der Waals surface area contributed by atoms with Gasteiger partial charge in [-0.2, -0.15) is 0 Å². The normalized spacial score (nSPS) is 13.9. The summed E-state index contributed by atoms with van der Waals surface area (Å²) in [5.74, 6) is 0. The van der Waals surface area contributed by atoms with Crippen LogP contribution in [0.25, 0.3) is 99.1 Å². The Morgan fingerprint density at radius 3 is 1.27 bits per heavy atom. The van der Waals surface area contributed by atoms with Crippen molar-refractivity contribution in [3.8, 4) is 66.8 Å². The highest BCUT2D eigenvalue weighted by Crippen LogP contribution is 2.51. The second kappa shape index (κ2) is 13.0. The lowest BCUT2D eigenvalue weighted by Gasteiger charge is -2.23. The van der Waals surface area contributed by atoms with Crippen molar-refractivity contribution in [2.24, 2.45) is 0 Å². The highest BCUT2D eigenvalue weighted by Gasteiger charge is 2.36. The molecule has 2 aliphatic rings. The maximum Gasteiger partial charge on any atom is 0.0159 e. The molecule has 0 amide bonds. The van der Waals surface area contributed by atoms with E-state index in [1.54, 1.807) is 0 Å². The summed E-state index contributed by atoms with van der Waals surface area (Å²) in [5, 5.41) is 7.89. The largest absolute Gasteiger partial charge is 0.0838 e. The molecule has 0 N–H and O–H groups in total. The van der Waals surface area contributed by atoms with Crippen molar-refractivity contribution in [1.82, 2.24) is 0 Å². The second-order valence-electron chi connectivity index (χ2n) is 17.2. The molecule has 0 saturated heterocycles. The van der Waals surface area contributed by atoms with E-state index in [0.717, 1.165) is 12.8 Å². The molecular formula is C59H42. The van der Waals surface area contributed by atoms with Gasteiger partial charge in [-0.05, 0) is 146 Å². The summed E-state index contributed by atoms with van der Waals surface area (Å²) < 4.78 is 0. The molecule has 0 heteroatoms. The summed E-state index contributed by atoms with van der Waals surface area (Å²) in [7, 11) is 0. The molecule has 0 atom stereocenters. The lowest BCUT2D eigenvalue weighted by molar-refractivity contribution is 0.661. The first-order valence-corrected chi connectivity index (χ1v) is 21.0. The van der Waals surface area contributed by atoms with Crippen molar-refractivity contribution >= 4 is 32.3 Å². The summed E-state index contributed by atoms with van der Waals surface area (Å²) >= 11 is 0. The molecule has 0 aromatic heterocycles. The van der Waals surface area contributed by atoms with Crippen molar-refractivity contribution in [1.29, 1.82) is 0 Å². The van der Waals surface area contributed by atoms with Gasteiger partial charge in [0.25, 0.3) is 0 Å². The molecule has 0 saturated carbocycles. The van der Waals surface area contributed by atoms with Crippen LogP contribution in [0.3, 0.4) is 0 Å². The Balaban J connectivity index is 0.848. The molecule has 278 valence electrons. The molecule has 10 aromatic rings. The van der Waals surface area contributed by atoms with Crippen molar-refractivity contribution in [2.45, 2.75) is 32.1 Å². The maximum absolute atomic E-state index is 2.44. The third kappa shape index (κ3) is 5.37. The fourth-order valence-corrected chi connectivity index (χ4v) is 10.3. The van der Waals surface area contributed by atoms with Gasteiger partial charge in [0.1, 0.15) is 0 Å². The fourth-order valence-electron chi connectivity index (χ4n) is 10.3. The van der Waals surface area contributed by atoms with Crippen molar-refractivity contribution in [3.63, 3.8) is 0 Å². The van der Waals surface area contributed by atoms with Gasteiger partial charge >= 0.3 is 0 Å². The molecular weight excluding hydrogens is 709 g/mol. The molecule has 0 unspecified atom stereocenters. The van der Waals surface area contributed by atoms with Crippen LogP contribution in [0.2, 0.25) is 0 Å². The van der Waals surface area contributed by atoms with Crippen LogP contribution in [-0.2, 0) is 18.3 Å². The lowest BCUT2D eigenvalue weighted by atomic mass is 9.80. The van der Waals surface area contributed by atoms with Gasteiger partial charge in [-0.25, -0.2) is 0 Å². The first-order chi connectivity index (χ1) is 29.0. The first-order valence-electron chi connectivity index (χ1n) is 21.0. The van der Waals surface area contributed by atoms with E-state index in [1.807, 2.05) is 0 Å². The minimum absolute atomic E-state index is 0.115. The topological polar surface area (TPSA) is 0 Å². The third-order valence-electron chi connectivity index (χ3n) is 13.6.